The van der Waals surface area contributed by atoms with Crippen LogP contribution in [-0.2, 0) is 9.59 Å². The summed E-state index contributed by atoms with van der Waals surface area (Å²) in [5, 5.41) is 11.3. The van der Waals surface area contributed by atoms with E-state index in [2.05, 4.69) is 5.32 Å². The first kappa shape index (κ1) is 11.5. The summed E-state index contributed by atoms with van der Waals surface area (Å²) in [7, 11) is 0. The van der Waals surface area contributed by atoms with E-state index in [0.717, 1.165) is 4.90 Å². The highest BCUT2D eigenvalue weighted by atomic mass is 16.4. The number of hydrogen-bond acceptors (Lipinski definition) is 3. The summed E-state index contributed by atoms with van der Waals surface area (Å²) in [6, 6.07) is -2.25. The normalized spacial score (nSPS) is 22.8. The molecule has 84 valence electrons. The van der Waals surface area contributed by atoms with Crippen molar-refractivity contribution in [2.75, 3.05) is 0 Å². The third kappa shape index (κ3) is 1.93. The first-order valence-electron chi connectivity index (χ1n) is 4.89. The van der Waals surface area contributed by atoms with Gasteiger partial charge in [0, 0.05) is 0 Å². The fourth-order valence-electron chi connectivity index (χ4n) is 1.59. The Hall–Kier alpha value is -1.59. The standard InChI is InChI=1S/C9H14N2O4/c1-3-5-7(12)11(9(15)10-5)6(4-2)8(13)14/h5-6H,3-4H2,1-2H3,(H,10,15)(H,13,14). The zero-order valence-corrected chi connectivity index (χ0v) is 8.69. The van der Waals surface area contributed by atoms with Gasteiger partial charge < -0.3 is 10.4 Å². The highest BCUT2D eigenvalue weighted by Crippen LogP contribution is 2.15. The molecule has 15 heavy (non-hydrogen) atoms. The molecule has 1 aliphatic heterocycles. The number of amides is 3. The molecule has 0 radical (unpaired) electrons. The number of carbonyl (C=O) groups excluding carboxylic acids is 2. The van der Waals surface area contributed by atoms with Crippen molar-refractivity contribution in [3.63, 3.8) is 0 Å². The summed E-state index contributed by atoms with van der Waals surface area (Å²) >= 11 is 0. The van der Waals surface area contributed by atoms with Crippen molar-refractivity contribution in [2.45, 2.75) is 38.8 Å². The Morgan fingerprint density at radius 1 is 1.53 bits per heavy atom. The van der Waals surface area contributed by atoms with E-state index >= 15 is 0 Å². The van der Waals surface area contributed by atoms with Crippen molar-refractivity contribution in [1.29, 1.82) is 0 Å². The average Bonchev–Trinajstić information content (AvgIpc) is 2.45. The van der Waals surface area contributed by atoms with Gasteiger partial charge in [-0.2, -0.15) is 0 Å². The van der Waals surface area contributed by atoms with Crippen molar-refractivity contribution in [3.05, 3.63) is 0 Å². The summed E-state index contributed by atoms with van der Waals surface area (Å²) in [5.41, 5.74) is 0. The minimum atomic E-state index is -1.15. The Labute approximate surface area is 87.2 Å². The number of rotatable bonds is 4. The van der Waals surface area contributed by atoms with Gasteiger partial charge in [0.15, 0.2) is 0 Å². The van der Waals surface area contributed by atoms with Crippen molar-refractivity contribution in [1.82, 2.24) is 10.2 Å². The van der Waals surface area contributed by atoms with E-state index in [-0.39, 0.29) is 6.42 Å². The maximum Gasteiger partial charge on any atom is 0.326 e. The van der Waals surface area contributed by atoms with Gasteiger partial charge in [0.25, 0.3) is 5.91 Å². The second-order valence-electron chi connectivity index (χ2n) is 3.38. The Morgan fingerprint density at radius 3 is 2.47 bits per heavy atom. The lowest BCUT2D eigenvalue weighted by molar-refractivity contribution is -0.146. The molecule has 3 amide bonds. The lowest BCUT2D eigenvalue weighted by Gasteiger charge is -2.19. The zero-order chi connectivity index (χ0) is 11.6. The second-order valence-corrected chi connectivity index (χ2v) is 3.38. The number of aliphatic carboxylic acids is 1. The third-order valence-corrected chi connectivity index (χ3v) is 2.44. The van der Waals surface area contributed by atoms with Crippen molar-refractivity contribution in [3.8, 4) is 0 Å². The Morgan fingerprint density at radius 2 is 2.13 bits per heavy atom. The van der Waals surface area contributed by atoms with Gasteiger partial charge in [-0.05, 0) is 12.8 Å². The maximum atomic E-state index is 11.6. The van der Waals surface area contributed by atoms with Gasteiger partial charge in [-0.1, -0.05) is 13.8 Å². The van der Waals surface area contributed by atoms with Gasteiger partial charge in [0.2, 0.25) is 0 Å². The van der Waals surface area contributed by atoms with E-state index in [0.29, 0.717) is 6.42 Å². The molecule has 1 saturated heterocycles. The molecule has 1 heterocycles. The maximum absolute atomic E-state index is 11.6. The Balaban J connectivity index is 2.90. The minimum absolute atomic E-state index is 0.213. The first-order valence-corrected chi connectivity index (χ1v) is 4.89. The van der Waals surface area contributed by atoms with Crippen LogP contribution in [-0.4, -0.2) is 40.0 Å². The van der Waals surface area contributed by atoms with Gasteiger partial charge >= 0.3 is 12.0 Å². The van der Waals surface area contributed by atoms with Crippen LogP contribution in [0.25, 0.3) is 0 Å². The van der Waals surface area contributed by atoms with Crippen LogP contribution in [0, 0.1) is 0 Å². The van der Waals surface area contributed by atoms with Crippen LogP contribution in [0.1, 0.15) is 26.7 Å². The fraction of sp³-hybridized carbons (Fsp3) is 0.667. The molecule has 2 N–H and O–H groups in total. The molecule has 6 nitrogen and oxygen atoms in total. The molecule has 2 atom stereocenters. The molecule has 2 unspecified atom stereocenters. The number of hydrogen-bond donors (Lipinski definition) is 2. The Kier molecular flexibility index (Phi) is 3.28. The van der Waals surface area contributed by atoms with Gasteiger partial charge in [-0.25, -0.2) is 14.5 Å². The predicted octanol–water partition coefficient (Wildman–Crippen LogP) is 0.180. The third-order valence-electron chi connectivity index (χ3n) is 2.44. The van der Waals surface area contributed by atoms with E-state index in [1.807, 2.05) is 0 Å². The first-order chi connectivity index (χ1) is 7.02. The number of imide groups is 1. The van der Waals surface area contributed by atoms with Gasteiger partial charge in [0.05, 0.1) is 0 Å². The molecular weight excluding hydrogens is 200 g/mol. The highest BCUT2D eigenvalue weighted by molar-refractivity contribution is 6.06. The monoisotopic (exact) mass is 214 g/mol. The quantitative estimate of drug-likeness (QED) is 0.653. The molecule has 6 heteroatoms. The van der Waals surface area contributed by atoms with Crippen LogP contribution >= 0.6 is 0 Å². The fourth-order valence-corrected chi connectivity index (χ4v) is 1.59. The highest BCUT2D eigenvalue weighted by Gasteiger charge is 2.43. The zero-order valence-electron chi connectivity index (χ0n) is 8.69. The summed E-state index contributed by atoms with van der Waals surface area (Å²) in [6.07, 6.45) is 0.683. The number of nitrogens with zero attached hydrogens (tertiary/aromatic N) is 1. The van der Waals surface area contributed by atoms with E-state index in [9.17, 15) is 14.4 Å². The predicted molar refractivity (Wildman–Crippen MR) is 51.2 cm³/mol. The summed E-state index contributed by atoms with van der Waals surface area (Å²) < 4.78 is 0. The summed E-state index contributed by atoms with van der Waals surface area (Å²) in [4.78, 5) is 34.7. The molecule has 0 spiro atoms. The molecule has 0 aromatic heterocycles. The summed E-state index contributed by atoms with van der Waals surface area (Å²) in [6.45, 7) is 3.38. The average molecular weight is 214 g/mol. The lowest BCUT2D eigenvalue weighted by Crippen LogP contribution is -2.45. The minimum Gasteiger partial charge on any atom is -0.480 e. The number of carboxylic acids is 1. The molecule has 0 saturated carbocycles. The van der Waals surface area contributed by atoms with Crippen LogP contribution in [0.4, 0.5) is 4.79 Å². The van der Waals surface area contributed by atoms with Crippen LogP contribution in [0.15, 0.2) is 0 Å². The van der Waals surface area contributed by atoms with Crippen molar-refractivity contribution < 1.29 is 19.5 Å². The largest absolute Gasteiger partial charge is 0.480 e. The van der Waals surface area contributed by atoms with Crippen LogP contribution in [0.5, 0.6) is 0 Å². The van der Waals surface area contributed by atoms with E-state index in [1.54, 1.807) is 13.8 Å². The molecule has 1 aliphatic rings. The molecule has 0 aliphatic carbocycles. The summed E-state index contributed by atoms with van der Waals surface area (Å²) in [5.74, 6) is -1.60. The van der Waals surface area contributed by atoms with Crippen molar-refractivity contribution in [2.24, 2.45) is 0 Å². The molecule has 0 aromatic rings. The Bertz CT molecular complexity index is 302. The molecule has 0 aromatic carbocycles. The lowest BCUT2D eigenvalue weighted by atomic mass is 10.1. The topological polar surface area (TPSA) is 86.7 Å². The van der Waals surface area contributed by atoms with E-state index < -0.39 is 30.0 Å². The SMILES string of the molecule is CCC1NC(=O)N(C(CC)C(=O)O)C1=O. The molecule has 0 bridgehead atoms. The smallest absolute Gasteiger partial charge is 0.326 e. The number of nitrogens with one attached hydrogen (secondary N) is 1. The van der Waals surface area contributed by atoms with E-state index in [1.165, 1.54) is 0 Å². The van der Waals surface area contributed by atoms with Gasteiger partial charge in [-0.15, -0.1) is 0 Å². The van der Waals surface area contributed by atoms with Crippen molar-refractivity contribution >= 4 is 17.9 Å². The number of carboxylic acid groups (broad SMARTS) is 1. The molecular formula is C9H14N2O4. The second kappa shape index (κ2) is 4.29. The molecule has 1 rings (SSSR count). The van der Waals surface area contributed by atoms with Crippen LogP contribution < -0.4 is 5.32 Å². The van der Waals surface area contributed by atoms with Crippen LogP contribution in [0.3, 0.4) is 0 Å². The van der Waals surface area contributed by atoms with E-state index in [4.69, 9.17) is 5.11 Å². The van der Waals surface area contributed by atoms with Gasteiger partial charge in [-0.3, -0.25) is 4.79 Å². The number of urea groups is 1. The van der Waals surface area contributed by atoms with Gasteiger partial charge in [0.1, 0.15) is 12.1 Å². The molecule has 1 fully saturated rings. The van der Waals surface area contributed by atoms with Crippen LogP contribution in [0.2, 0.25) is 0 Å². The number of carbonyl (C=O) groups is 3.